The summed E-state index contributed by atoms with van der Waals surface area (Å²) in [5, 5.41) is 9.80. The Morgan fingerprint density at radius 3 is 2.27 bits per heavy atom. The Labute approximate surface area is 216 Å². The van der Waals surface area contributed by atoms with E-state index in [4.69, 9.17) is 5.10 Å². The van der Waals surface area contributed by atoms with Gasteiger partial charge in [0.25, 0.3) is 0 Å². The Bertz CT molecular complexity index is 1460. The summed E-state index contributed by atoms with van der Waals surface area (Å²) in [6.07, 6.45) is 4.17. The third-order valence-electron chi connectivity index (χ3n) is 6.25. The maximum Gasteiger partial charge on any atom is 0.221 e. The number of ketones is 1. The maximum atomic E-state index is 12.7. The molecule has 0 saturated heterocycles. The van der Waals surface area contributed by atoms with Crippen molar-refractivity contribution in [1.29, 1.82) is 0 Å². The molecule has 0 fully saturated rings. The summed E-state index contributed by atoms with van der Waals surface area (Å²) in [6.45, 7) is 1.44. The van der Waals surface area contributed by atoms with Crippen LogP contribution in [0.5, 0.6) is 0 Å². The average molecular weight is 486 g/mol. The van der Waals surface area contributed by atoms with Crippen molar-refractivity contribution in [3.05, 3.63) is 138 Å². The van der Waals surface area contributed by atoms with Crippen molar-refractivity contribution in [3.8, 4) is 0 Å². The molecule has 5 nitrogen and oxygen atoms in total. The lowest BCUT2D eigenvalue weighted by atomic mass is 9.98. The molecule has 1 aliphatic rings. The molecule has 0 bridgehead atoms. The van der Waals surface area contributed by atoms with Crippen LogP contribution >= 0.6 is 0 Å². The zero-order valence-electron chi connectivity index (χ0n) is 20.5. The Morgan fingerprint density at radius 1 is 0.865 bits per heavy atom. The van der Waals surface area contributed by atoms with Crippen molar-refractivity contribution >= 4 is 34.9 Å². The highest BCUT2D eigenvalue weighted by atomic mass is 16.1. The van der Waals surface area contributed by atoms with Gasteiger partial charge in [0.05, 0.1) is 17.4 Å². The summed E-state index contributed by atoms with van der Waals surface area (Å²) < 4.78 is 0. The molecule has 1 aliphatic heterocycles. The van der Waals surface area contributed by atoms with Gasteiger partial charge in [-0.1, -0.05) is 91.0 Å². The molecular formula is C32H27N3O2. The van der Waals surface area contributed by atoms with Crippen molar-refractivity contribution in [2.24, 2.45) is 5.10 Å². The number of hydrogen-bond acceptors (Lipinski definition) is 4. The number of hydrazone groups is 1. The van der Waals surface area contributed by atoms with Gasteiger partial charge in [0.15, 0.2) is 5.78 Å². The second-order valence-corrected chi connectivity index (χ2v) is 8.94. The van der Waals surface area contributed by atoms with E-state index >= 15 is 0 Å². The van der Waals surface area contributed by atoms with Gasteiger partial charge in [-0.25, -0.2) is 0 Å². The highest BCUT2D eigenvalue weighted by Crippen LogP contribution is 2.36. The standard InChI is InChI=1S/C32H27N3O2/c1-23(36)33-28-14-8-13-27(21-28)32(37)20-17-24-15-18-29(19-16-24)35-31(26-11-6-3-7-12-26)22-30(34-35)25-9-4-2-5-10-25/h2-21,31H,22H2,1H3,(H,33,36)/b20-17+. The van der Waals surface area contributed by atoms with E-state index < -0.39 is 0 Å². The monoisotopic (exact) mass is 485 g/mol. The van der Waals surface area contributed by atoms with Crippen molar-refractivity contribution in [2.45, 2.75) is 19.4 Å². The molecule has 1 atom stereocenters. The number of benzene rings is 4. The zero-order valence-corrected chi connectivity index (χ0v) is 20.5. The summed E-state index contributed by atoms with van der Waals surface area (Å²) in [5.74, 6) is -0.301. The quantitative estimate of drug-likeness (QED) is 0.229. The summed E-state index contributed by atoms with van der Waals surface area (Å²) >= 11 is 0. The van der Waals surface area contributed by atoms with E-state index in [-0.39, 0.29) is 17.7 Å². The average Bonchev–Trinajstić information content (AvgIpc) is 3.38. The van der Waals surface area contributed by atoms with Gasteiger partial charge in [0.1, 0.15) is 0 Å². The minimum Gasteiger partial charge on any atom is -0.326 e. The molecule has 5 heteroatoms. The number of nitrogens with one attached hydrogen (secondary N) is 1. The fourth-order valence-corrected chi connectivity index (χ4v) is 4.45. The number of nitrogens with zero attached hydrogens (tertiary/aromatic N) is 2. The van der Waals surface area contributed by atoms with Gasteiger partial charge in [-0.15, -0.1) is 0 Å². The number of rotatable bonds is 7. The van der Waals surface area contributed by atoms with Crippen molar-refractivity contribution in [2.75, 3.05) is 10.3 Å². The first kappa shape index (κ1) is 23.9. The molecule has 1 N–H and O–H groups in total. The van der Waals surface area contributed by atoms with Gasteiger partial charge in [-0.3, -0.25) is 14.6 Å². The van der Waals surface area contributed by atoms with Crippen LogP contribution in [0, 0.1) is 0 Å². The van der Waals surface area contributed by atoms with Crippen molar-refractivity contribution < 1.29 is 9.59 Å². The number of carbonyl (C=O) groups is 2. The van der Waals surface area contributed by atoms with E-state index in [2.05, 4.69) is 46.7 Å². The normalized spacial score (nSPS) is 15.0. The highest BCUT2D eigenvalue weighted by molar-refractivity contribution is 6.07. The molecule has 4 aromatic carbocycles. The van der Waals surface area contributed by atoms with Crippen LogP contribution in [0.25, 0.3) is 6.08 Å². The van der Waals surface area contributed by atoms with Crippen LogP contribution in [-0.4, -0.2) is 17.4 Å². The molecule has 182 valence electrons. The van der Waals surface area contributed by atoms with E-state index in [0.717, 1.165) is 28.9 Å². The zero-order chi connectivity index (χ0) is 25.6. The van der Waals surface area contributed by atoms with Crippen LogP contribution in [0.4, 0.5) is 11.4 Å². The number of amides is 1. The minimum atomic E-state index is -0.173. The summed E-state index contributed by atoms with van der Waals surface area (Å²) in [5.41, 5.74) is 6.43. The van der Waals surface area contributed by atoms with E-state index in [0.29, 0.717) is 11.3 Å². The lowest BCUT2D eigenvalue weighted by Crippen LogP contribution is -2.18. The molecule has 5 rings (SSSR count). The van der Waals surface area contributed by atoms with E-state index in [1.807, 2.05) is 48.5 Å². The van der Waals surface area contributed by atoms with Crippen LogP contribution in [-0.2, 0) is 4.79 Å². The molecule has 0 radical (unpaired) electrons. The molecule has 0 saturated carbocycles. The lowest BCUT2D eigenvalue weighted by molar-refractivity contribution is -0.114. The number of anilines is 2. The molecule has 0 aliphatic carbocycles. The van der Waals surface area contributed by atoms with Gasteiger partial charge in [-0.05, 0) is 47.0 Å². The van der Waals surface area contributed by atoms with Crippen molar-refractivity contribution in [3.63, 3.8) is 0 Å². The van der Waals surface area contributed by atoms with Gasteiger partial charge in [0.2, 0.25) is 5.91 Å². The smallest absolute Gasteiger partial charge is 0.221 e. The van der Waals surface area contributed by atoms with Crippen LogP contribution in [0.2, 0.25) is 0 Å². The third-order valence-corrected chi connectivity index (χ3v) is 6.25. The molecule has 37 heavy (non-hydrogen) atoms. The Balaban J connectivity index is 1.36. The van der Waals surface area contributed by atoms with Crippen LogP contribution in [0.3, 0.4) is 0 Å². The molecule has 1 heterocycles. The molecule has 4 aromatic rings. The first-order chi connectivity index (χ1) is 18.1. The summed E-state index contributed by atoms with van der Waals surface area (Å²) in [7, 11) is 0. The van der Waals surface area contributed by atoms with Gasteiger partial charge < -0.3 is 5.32 Å². The Hall–Kier alpha value is -4.77. The lowest BCUT2D eigenvalue weighted by Gasteiger charge is -2.24. The first-order valence-corrected chi connectivity index (χ1v) is 12.2. The van der Waals surface area contributed by atoms with Gasteiger partial charge in [0, 0.05) is 24.6 Å². The van der Waals surface area contributed by atoms with Crippen molar-refractivity contribution in [1.82, 2.24) is 0 Å². The van der Waals surface area contributed by atoms with Gasteiger partial charge >= 0.3 is 0 Å². The van der Waals surface area contributed by atoms with E-state index in [9.17, 15) is 9.59 Å². The predicted molar refractivity (Wildman–Crippen MR) is 150 cm³/mol. The van der Waals surface area contributed by atoms with Gasteiger partial charge in [-0.2, -0.15) is 5.10 Å². The SMILES string of the molecule is CC(=O)Nc1cccc(C(=O)/C=C/c2ccc(N3N=C(c4ccccc4)CC3c3ccccc3)cc2)c1. The van der Waals surface area contributed by atoms with Crippen LogP contribution < -0.4 is 10.3 Å². The second kappa shape index (κ2) is 10.9. The minimum absolute atomic E-state index is 0.107. The van der Waals surface area contributed by atoms with Crippen LogP contribution in [0.1, 0.15) is 46.4 Å². The summed E-state index contributed by atoms with van der Waals surface area (Å²) in [4.78, 5) is 24.0. The topological polar surface area (TPSA) is 61.8 Å². The van der Waals surface area contributed by atoms with E-state index in [1.54, 1.807) is 36.4 Å². The molecule has 0 aromatic heterocycles. The second-order valence-electron chi connectivity index (χ2n) is 8.94. The fourth-order valence-electron chi connectivity index (χ4n) is 4.45. The Morgan fingerprint density at radius 2 is 1.57 bits per heavy atom. The molecular weight excluding hydrogens is 458 g/mol. The largest absolute Gasteiger partial charge is 0.326 e. The first-order valence-electron chi connectivity index (χ1n) is 12.2. The van der Waals surface area contributed by atoms with E-state index in [1.165, 1.54) is 12.5 Å². The fraction of sp³-hybridized carbons (Fsp3) is 0.0938. The predicted octanol–water partition coefficient (Wildman–Crippen LogP) is 6.90. The number of carbonyl (C=O) groups excluding carboxylic acids is 2. The maximum absolute atomic E-state index is 12.7. The van der Waals surface area contributed by atoms with Crippen LogP contribution in [0.15, 0.2) is 120 Å². The third kappa shape index (κ3) is 5.73. The highest BCUT2D eigenvalue weighted by Gasteiger charge is 2.29. The number of hydrogen-bond donors (Lipinski definition) is 1. The summed E-state index contributed by atoms with van der Waals surface area (Å²) in [6, 6.07) is 35.8. The Kier molecular flexibility index (Phi) is 7.04. The molecule has 0 spiro atoms. The molecule has 1 unspecified atom stereocenters. The molecule has 1 amide bonds. The number of allylic oxidation sites excluding steroid dienone is 1.